The van der Waals surface area contributed by atoms with Gasteiger partial charge >= 0.3 is 0 Å². The molecule has 1 aliphatic heterocycles. The highest BCUT2D eigenvalue weighted by molar-refractivity contribution is 7.90. The predicted molar refractivity (Wildman–Crippen MR) is 111 cm³/mol. The number of amides is 1. The zero-order valence-corrected chi connectivity index (χ0v) is 17.7. The molecule has 0 radical (unpaired) electrons. The van der Waals surface area contributed by atoms with Crippen molar-refractivity contribution in [1.82, 2.24) is 0 Å². The standard InChI is InChI=1S/C21H27N3O4S/c1-28-18-9-7-17(8-10-18)15-23-11-13-24(14-12-23)16-21(25)22-19-5-3-4-6-20(19)29(2,26)27/h3-10H,11-16H2,1-2H3,(H,22,25)/p+2. The van der Waals surface area contributed by atoms with E-state index in [4.69, 9.17) is 4.74 Å². The normalized spacial score (nSPS) is 19.5. The molecule has 0 bridgehead atoms. The van der Waals surface area contributed by atoms with Crippen LogP contribution >= 0.6 is 0 Å². The molecule has 29 heavy (non-hydrogen) atoms. The van der Waals surface area contributed by atoms with Gasteiger partial charge in [0.05, 0.1) is 17.7 Å². The van der Waals surface area contributed by atoms with Gasteiger partial charge < -0.3 is 19.9 Å². The first-order valence-electron chi connectivity index (χ1n) is 9.74. The largest absolute Gasteiger partial charge is 0.497 e. The van der Waals surface area contributed by atoms with Gasteiger partial charge in [-0.2, -0.15) is 0 Å². The lowest BCUT2D eigenvalue weighted by Gasteiger charge is -2.29. The average molecular weight is 420 g/mol. The van der Waals surface area contributed by atoms with E-state index in [-0.39, 0.29) is 10.8 Å². The zero-order chi connectivity index (χ0) is 20.9. The number of hydrogen-bond donors (Lipinski definition) is 3. The summed E-state index contributed by atoms with van der Waals surface area (Å²) in [6.07, 6.45) is 1.15. The first kappa shape index (κ1) is 21.3. The minimum absolute atomic E-state index is 0.150. The van der Waals surface area contributed by atoms with Crippen LogP contribution in [0.25, 0.3) is 0 Å². The van der Waals surface area contributed by atoms with Crippen LogP contribution in [0.2, 0.25) is 0 Å². The lowest BCUT2D eigenvalue weighted by molar-refractivity contribution is -1.02. The van der Waals surface area contributed by atoms with Gasteiger partial charge in [-0.15, -0.1) is 0 Å². The first-order valence-corrected chi connectivity index (χ1v) is 11.6. The van der Waals surface area contributed by atoms with Gasteiger partial charge in [0.2, 0.25) is 0 Å². The second-order valence-corrected chi connectivity index (χ2v) is 9.50. The summed E-state index contributed by atoms with van der Waals surface area (Å²) in [5.41, 5.74) is 1.63. The van der Waals surface area contributed by atoms with Crippen LogP contribution in [-0.4, -0.2) is 60.4 Å². The van der Waals surface area contributed by atoms with E-state index >= 15 is 0 Å². The Hall–Kier alpha value is -2.42. The minimum Gasteiger partial charge on any atom is -0.497 e. The quantitative estimate of drug-likeness (QED) is 0.539. The SMILES string of the molecule is COc1ccc(C[NH+]2CC[NH+](CC(=O)Nc3ccccc3S(C)(=O)=O)CC2)cc1. The molecule has 2 aromatic carbocycles. The second-order valence-electron chi connectivity index (χ2n) is 7.52. The van der Waals surface area contributed by atoms with E-state index in [0.717, 1.165) is 44.7 Å². The second kappa shape index (κ2) is 9.39. The molecule has 2 aromatic rings. The fraction of sp³-hybridized carbons (Fsp3) is 0.381. The number of piperazine rings is 1. The molecule has 1 heterocycles. The number of quaternary nitrogens is 2. The topological polar surface area (TPSA) is 81.3 Å². The molecule has 3 rings (SSSR count). The molecule has 0 atom stereocenters. The van der Waals surface area contributed by atoms with Crippen molar-refractivity contribution in [3.63, 3.8) is 0 Å². The Kier molecular flexibility index (Phi) is 6.89. The number of para-hydroxylation sites is 1. The molecule has 3 N–H and O–H groups in total. The molecule has 1 aliphatic rings. The summed E-state index contributed by atoms with van der Waals surface area (Å²) in [7, 11) is -1.72. The molecular weight excluding hydrogens is 390 g/mol. The van der Waals surface area contributed by atoms with Crippen molar-refractivity contribution in [2.75, 3.05) is 51.4 Å². The summed E-state index contributed by atoms with van der Waals surface area (Å²) in [5.74, 6) is 0.705. The Bertz CT molecular complexity index is 937. The highest BCUT2D eigenvalue weighted by Gasteiger charge is 2.25. The maximum Gasteiger partial charge on any atom is 0.279 e. The first-order chi connectivity index (χ1) is 13.8. The number of nitrogens with one attached hydrogen (secondary N) is 3. The van der Waals surface area contributed by atoms with Crippen molar-refractivity contribution in [2.45, 2.75) is 11.4 Å². The molecule has 0 aromatic heterocycles. The fourth-order valence-corrected chi connectivity index (χ4v) is 4.50. The van der Waals surface area contributed by atoms with E-state index in [9.17, 15) is 13.2 Å². The highest BCUT2D eigenvalue weighted by atomic mass is 32.2. The minimum atomic E-state index is -3.39. The van der Waals surface area contributed by atoms with Gasteiger partial charge in [0.15, 0.2) is 16.4 Å². The average Bonchev–Trinajstić information content (AvgIpc) is 2.69. The van der Waals surface area contributed by atoms with Gasteiger partial charge in [-0.3, -0.25) is 4.79 Å². The van der Waals surface area contributed by atoms with Crippen molar-refractivity contribution < 1.29 is 27.7 Å². The van der Waals surface area contributed by atoms with Crippen molar-refractivity contribution in [1.29, 1.82) is 0 Å². The third-order valence-electron chi connectivity index (χ3n) is 5.25. The van der Waals surface area contributed by atoms with Gasteiger partial charge in [0.25, 0.3) is 5.91 Å². The van der Waals surface area contributed by atoms with E-state index in [2.05, 4.69) is 17.4 Å². The third kappa shape index (κ3) is 6.03. The van der Waals surface area contributed by atoms with Crippen molar-refractivity contribution in [3.8, 4) is 5.75 Å². The molecule has 0 aliphatic carbocycles. The summed E-state index contributed by atoms with van der Waals surface area (Å²) < 4.78 is 29.0. The molecule has 1 saturated heterocycles. The molecule has 1 amide bonds. The van der Waals surface area contributed by atoms with Crippen molar-refractivity contribution >= 4 is 21.4 Å². The predicted octanol–water partition coefficient (Wildman–Crippen LogP) is -0.979. The number of ether oxygens (including phenoxy) is 1. The number of methoxy groups -OCH3 is 1. The number of hydrogen-bond acceptors (Lipinski definition) is 4. The van der Waals surface area contributed by atoms with Crippen LogP contribution in [0.5, 0.6) is 5.75 Å². The van der Waals surface area contributed by atoms with Crippen LogP contribution in [0.1, 0.15) is 5.56 Å². The summed E-state index contributed by atoms with van der Waals surface area (Å²) in [5, 5.41) is 2.77. The van der Waals surface area contributed by atoms with E-state index in [0.29, 0.717) is 12.2 Å². The van der Waals surface area contributed by atoms with Crippen LogP contribution in [0.15, 0.2) is 53.4 Å². The van der Waals surface area contributed by atoms with Crippen LogP contribution in [0, 0.1) is 0 Å². The maximum absolute atomic E-state index is 12.4. The number of anilines is 1. The number of carbonyl (C=O) groups excluding carboxylic acids is 1. The summed E-state index contributed by atoms with van der Waals surface area (Å²) in [6, 6.07) is 14.7. The number of sulfone groups is 1. The molecule has 8 heteroatoms. The fourth-order valence-electron chi connectivity index (χ4n) is 3.66. The number of carbonyl (C=O) groups is 1. The van der Waals surface area contributed by atoms with Gasteiger partial charge in [0, 0.05) is 11.8 Å². The van der Waals surface area contributed by atoms with E-state index in [1.807, 2.05) is 12.1 Å². The molecule has 0 spiro atoms. The van der Waals surface area contributed by atoms with E-state index in [1.165, 1.54) is 21.4 Å². The highest BCUT2D eigenvalue weighted by Crippen LogP contribution is 2.20. The monoisotopic (exact) mass is 419 g/mol. The van der Waals surface area contributed by atoms with Crippen LogP contribution in [0.3, 0.4) is 0 Å². The Labute approximate surface area is 172 Å². The van der Waals surface area contributed by atoms with Crippen molar-refractivity contribution in [2.24, 2.45) is 0 Å². The van der Waals surface area contributed by atoms with Gasteiger partial charge in [-0.05, 0) is 36.4 Å². The molecule has 7 nitrogen and oxygen atoms in total. The maximum atomic E-state index is 12.4. The van der Waals surface area contributed by atoms with Crippen LogP contribution in [-0.2, 0) is 21.2 Å². The van der Waals surface area contributed by atoms with E-state index in [1.54, 1.807) is 25.3 Å². The zero-order valence-electron chi connectivity index (χ0n) is 16.9. The number of rotatable bonds is 7. The van der Waals surface area contributed by atoms with Gasteiger partial charge in [0.1, 0.15) is 38.5 Å². The summed E-state index contributed by atoms with van der Waals surface area (Å²) >= 11 is 0. The molecule has 0 saturated carbocycles. The Morgan fingerprint density at radius 1 is 1.00 bits per heavy atom. The summed E-state index contributed by atoms with van der Waals surface area (Å²) in [6.45, 7) is 5.11. The molecule has 0 unspecified atom stereocenters. The Morgan fingerprint density at radius 2 is 1.62 bits per heavy atom. The lowest BCUT2D eigenvalue weighted by atomic mass is 10.2. The molecule has 156 valence electrons. The van der Waals surface area contributed by atoms with Gasteiger partial charge in [-0.1, -0.05) is 12.1 Å². The Balaban J connectivity index is 1.49. The summed E-state index contributed by atoms with van der Waals surface area (Å²) in [4.78, 5) is 15.3. The molecular formula is C21H29N3O4S+2. The number of benzene rings is 2. The van der Waals surface area contributed by atoms with Gasteiger partial charge in [-0.25, -0.2) is 8.42 Å². The Morgan fingerprint density at radius 3 is 2.24 bits per heavy atom. The lowest BCUT2D eigenvalue weighted by Crippen LogP contribution is -3.28. The third-order valence-corrected chi connectivity index (χ3v) is 6.40. The van der Waals surface area contributed by atoms with Crippen LogP contribution < -0.4 is 19.9 Å². The van der Waals surface area contributed by atoms with Crippen LogP contribution in [0.4, 0.5) is 5.69 Å². The molecule has 1 fully saturated rings. The van der Waals surface area contributed by atoms with E-state index < -0.39 is 9.84 Å². The smallest absolute Gasteiger partial charge is 0.279 e. The van der Waals surface area contributed by atoms with Crippen molar-refractivity contribution in [3.05, 3.63) is 54.1 Å².